The lowest BCUT2D eigenvalue weighted by molar-refractivity contribution is -0.373. The average Bonchev–Trinajstić information content (AvgIpc) is 2.95. The molecule has 7 N–H and O–H groups in total. The first-order valence-corrected chi connectivity index (χ1v) is 16.2. The molecule has 3 aliphatic heterocycles. The molecule has 0 aromatic rings. The van der Waals surface area contributed by atoms with Crippen LogP contribution in [0.4, 0.5) is 0 Å². The number of methoxy groups -OCH3 is 1. The van der Waals surface area contributed by atoms with Gasteiger partial charge >= 0.3 is 0 Å². The molecule has 0 aromatic carbocycles. The maximum atomic E-state index is 12.5. The van der Waals surface area contributed by atoms with E-state index in [1.54, 1.807) is 13.8 Å². The molecule has 15 atom stereocenters. The highest BCUT2D eigenvalue weighted by Gasteiger charge is 2.53. The van der Waals surface area contributed by atoms with Gasteiger partial charge in [-0.1, -0.05) is 6.42 Å². The van der Waals surface area contributed by atoms with Gasteiger partial charge in [-0.15, -0.1) is 0 Å². The van der Waals surface area contributed by atoms with Gasteiger partial charge in [0.2, 0.25) is 5.91 Å². The van der Waals surface area contributed by atoms with Gasteiger partial charge in [0.25, 0.3) is 0 Å². The van der Waals surface area contributed by atoms with E-state index in [4.69, 9.17) is 33.2 Å². The number of carbonyl (C=O) groups is 1. The molecule has 0 aromatic heterocycles. The predicted octanol–water partition coefficient (Wildman–Crippen LogP) is -1.43. The van der Waals surface area contributed by atoms with Gasteiger partial charge in [-0.3, -0.25) is 4.79 Å². The maximum absolute atomic E-state index is 12.5. The van der Waals surface area contributed by atoms with Crippen LogP contribution in [0.25, 0.3) is 0 Å². The molecule has 3 heterocycles. The smallest absolute Gasteiger partial charge is 0.223 e. The number of carbonyl (C=O) groups excluding carboxylic acids is 1. The zero-order valence-electron chi connectivity index (χ0n) is 26.8. The molecule has 0 spiro atoms. The van der Waals surface area contributed by atoms with Crippen LogP contribution in [0.15, 0.2) is 0 Å². The quantitative estimate of drug-likeness (QED) is 0.0786. The summed E-state index contributed by atoms with van der Waals surface area (Å²) in [6, 6.07) is -0.916. The van der Waals surface area contributed by atoms with Gasteiger partial charge in [0, 0.05) is 13.7 Å². The van der Waals surface area contributed by atoms with Crippen molar-refractivity contribution < 1.29 is 68.6 Å². The van der Waals surface area contributed by atoms with Crippen molar-refractivity contribution in [3.8, 4) is 0 Å². The van der Waals surface area contributed by atoms with Crippen molar-refractivity contribution in [3.63, 3.8) is 0 Å². The molecule has 0 saturated carbocycles. The van der Waals surface area contributed by atoms with Crippen LogP contribution in [-0.2, 0) is 38.0 Å². The lowest BCUT2D eigenvalue weighted by Crippen LogP contribution is -2.67. The summed E-state index contributed by atoms with van der Waals surface area (Å²) >= 11 is 4.19. The number of ether oxygens (including phenoxy) is 7. The Labute approximate surface area is 269 Å². The molecular weight excluding hydrogens is 618 g/mol. The summed E-state index contributed by atoms with van der Waals surface area (Å²) in [6.07, 6.45) is -15.0. The van der Waals surface area contributed by atoms with E-state index in [0.717, 1.165) is 25.0 Å². The summed E-state index contributed by atoms with van der Waals surface area (Å²) in [6.45, 7) is 8.00. The number of aliphatic hydroxyl groups is 6. The summed E-state index contributed by atoms with van der Waals surface area (Å²) in [4.78, 5) is 12.5. The number of thiol groups is 1. The minimum absolute atomic E-state index is 0.209. The Morgan fingerprint density at radius 2 is 1.29 bits per heavy atom. The van der Waals surface area contributed by atoms with Gasteiger partial charge in [-0.2, -0.15) is 12.6 Å². The first-order valence-electron chi connectivity index (χ1n) is 15.5. The minimum atomic E-state index is -1.65. The molecule has 264 valence electrons. The first-order chi connectivity index (χ1) is 21.1. The fraction of sp³-hybridized carbons (Fsp3) is 0.966. The third-order valence-electron chi connectivity index (χ3n) is 8.25. The van der Waals surface area contributed by atoms with E-state index in [-0.39, 0.29) is 6.42 Å². The molecular formula is C29H53NO14S. The second-order valence-corrected chi connectivity index (χ2v) is 13.2. The van der Waals surface area contributed by atoms with E-state index < -0.39 is 104 Å². The molecule has 45 heavy (non-hydrogen) atoms. The number of hydrogen-bond acceptors (Lipinski definition) is 15. The lowest BCUT2D eigenvalue weighted by atomic mass is 9.94. The van der Waals surface area contributed by atoms with Crippen LogP contribution < -0.4 is 5.32 Å². The highest BCUT2D eigenvalue weighted by molar-refractivity contribution is 7.80. The van der Waals surface area contributed by atoms with Gasteiger partial charge in [0.1, 0.15) is 48.8 Å². The first kappa shape index (κ1) is 38.7. The normalized spacial score (nSPS) is 42.8. The molecule has 0 radical (unpaired) electrons. The number of nitrogens with one attached hydrogen (secondary N) is 1. The summed E-state index contributed by atoms with van der Waals surface area (Å²) < 4.78 is 40.4. The largest absolute Gasteiger partial charge is 0.390 e. The van der Waals surface area contributed by atoms with Crippen molar-refractivity contribution in [2.24, 2.45) is 0 Å². The fourth-order valence-corrected chi connectivity index (χ4v) is 5.90. The molecule has 0 aliphatic carbocycles. The highest BCUT2D eigenvalue weighted by atomic mass is 32.1. The van der Waals surface area contributed by atoms with E-state index in [0.29, 0.717) is 6.61 Å². The lowest BCUT2D eigenvalue weighted by Gasteiger charge is -2.48. The molecule has 3 rings (SSSR count). The van der Waals surface area contributed by atoms with Crippen LogP contribution in [0.5, 0.6) is 0 Å². The SMILES string of the molecule is CO[C@H]1[C@H](O[C@@H]2[C@@H](O)[C@H](C)O[C@@H](O[C@@H]3[C@@H](O)[C@H](C)O[C@@H](OCCCCCS)[C@@H]3O)[C@@H]2O)O[C@H](C)[C@@H](NC(=O)CC(C)(C)O)[C@@H]1O. The Hall–Kier alpha value is -0.700. The Balaban J connectivity index is 1.69. The second kappa shape index (κ2) is 17.1. The standard InChI is InChI=1S/C29H53NO14S/c1-13-17(30-16(31)12-29(4,5)37)20(34)25(38-6)28(40-13)44-24-19(33)15(3)42-27(22(24)36)43-23-18(32)14(2)41-26(21(23)35)39-10-8-7-9-11-45/h13-15,17-28,32-37,45H,7-12H2,1-6H3,(H,30,31)/t13-,14+,15+,17-,18+,19+,20+,21-,22-,23-,24-,25-,26-,27+,28+/m1/s1. The van der Waals surface area contributed by atoms with Crippen LogP contribution >= 0.6 is 12.6 Å². The number of hydrogen-bond donors (Lipinski definition) is 8. The van der Waals surface area contributed by atoms with Crippen LogP contribution in [-0.4, -0.2) is 154 Å². The predicted molar refractivity (Wildman–Crippen MR) is 160 cm³/mol. The number of amides is 1. The molecule has 15 nitrogen and oxygen atoms in total. The molecule has 3 fully saturated rings. The number of aliphatic hydroxyl groups excluding tert-OH is 5. The third-order valence-corrected chi connectivity index (χ3v) is 8.57. The van der Waals surface area contributed by atoms with E-state index in [2.05, 4.69) is 17.9 Å². The molecule has 16 heteroatoms. The van der Waals surface area contributed by atoms with Crippen LogP contribution in [0, 0.1) is 0 Å². The monoisotopic (exact) mass is 671 g/mol. The Kier molecular flexibility index (Phi) is 14.7. The Morgan fingerprint density at radius 3 is 1.84 bits per heavy atom. The van der Waals surface area contributed by atoms with Gasteiger partial charge in [-0.05, 0) is 53.2 Å². The van der Waals surface area contributed by atoms with Crippen molar-refractivity contribution >= 4 is 18.5 Å². The summed E-state index contributed by atoms with van der Waals surface area (Å²) in [5.74, 6) is 0.248. The summed E-state index contributed by atoms with van der Waals surface area (Å²) in [5.41, 5.74) is -1.26. The number of rotatable bonds is 14. The minimum Gasteiger partial charge on any atom is -0.390 e. The van der Waals surface area contributed by atoms with Crippen molar-refractivity contribution in [2.45, 2.75) is 158 Å². The average molecular weight is 672 g/mol. The maximum Gasteiger partial charge on any atom is 0.223 e. The van der Waals surface area contributed by atoms with Gasteiger partial charge in [0.05, 0.1) is 36.4 Å². The number of unbranched alkanes of at least 4 members (excludes halogenated alkanes) is 2. The molecule has 0 unspecified atom stereocenters. The van der Waals surface area contributed by atoms with Crippen LogP contribution in [0.1, 0.15) is 60.3 Å². The van der Waals surface area contributed by atoms with E-state index in [9.17, 15) is 35.4 Å². The molecule has 3 saturated heterocycles. The van der Waals surface area contributed by atoms with E-state index in [1.807, 2.05) is 0 Å². The van der Waals surface area contributed by atoms with Gasteiger partial charge in [0.15, 0.2) is 18.9 Å². The summed E-state index contributed by atoms with van der Waals surface area (Å²) in [7, 11) is 1.30. The van der Waals surface area contributed by atoms with Gasteiger partial charge < -0.3 is 69.1 Å². The van der Waals surface area contributed by atoms with Crippen LogP contribution in [0.2, 0.25) is 0 Å². The topological polar surface area (TPSA) is 215 Å². The molecule has 1 amide bonds. The van der Waals surface area contributed by atoms with Crippen molar-refractivity contribution in [3.05, 3.63) is 0 Å². The van der Waals surface area contributed by atoms with E-state index >= 15 is 0 Å². The van der Waals surface area contributed by atoms with Crippen LogP contribution in [0.3, 0.4) is 0 Å². The second-order valence-electron chi connectivity index (χ2n) is 12.7. The van der Waals surface area contributed by atoms with Crippen molar-refractivity contribution in [1.82, 2.24) is 5.32 Å². The van der Waals surface area contributed by atoms with Crippen molar-refractivity contribution in [2.75, 3.05) is 19.5 Å². The molecule has 3 aliphatic rings. The highest BCUT2D eigenvalue weighted by Crippen LogP contribution is 2.33. The third kappa shape index (κ3) is 10.2. The van der Waals surface area contributed by atoms with Crippen molar-refractivity contribution in [1.29, 1.82) is 0 Å². The Bertz CT molecular complexity index is 913. The Morgan fingerprint density at radius 1 is 0.756 bits per heavy atom. The summed E-state index contributed by atoms with van der Waals surface area (Å²) in [5, 5.41) is 67.7. The zero-order chi connectivity index (χ0) is 33.6. The van der Waals surface area contributed by atoms with Gasteiger partial charge in [-0.25, -0.2) is 0 Å². The fourth-order valence-electron chi connectivity index (χ4n) is 5.67. The molecule has 0 bridgehead atoms. The van der Waals surface area contributed by atoms with E-state index in [1.165, 1.54) is 27.9 Å². The zero-order valence-corrected chi connectivity index (χ0v) is 27.7.